The Kier molecular flexibility index (Phi) is 8.17. The van der Waals surface area contributed by atoms with Gasteiger partial charge in [0.05, 0.1) is 22.0 Å². The molecule has 0 amide bonds. The third kappa shape index (κ3) is 5.18. The number of rotatable bonds is 10. The summed E-state index contributed by atoms with van der Waals surface area (Å²) in [7, 11) is -0.317. The minimum atomic E-state index is -3.61. The van der Waals surface area contributed by atoms with Crippen molar-refractivity contribution in [3.63, 3.8) is 0 Å². The molecule has 182 valence electrons. The maximum absolute atomic E-state index is 12.6. The number of hydrogen-bond donors (Lipinski definition) is 3. The van der Waals surface area contributed by atoms with Crippen LogP contribution in [0.4, 0.5) is 17.2 Å². The van der Waals surface area contributed by atoms with Gasteiger partial charge in [0.15, 0.2) is 0 Å². The Labute approximate surface area is 203 Å². The Bertz CT molecular complexity index is 1320. The molecule has 0 unspecified atom stereocenters. The Balaban J connectivity index is 2.38. The van der Waals surface area contributed by atoms with E-state index in [-0.39, 0.29) is 4.90 Å². The van der Waals surface area contributed by atoms with Gasteiger partial charge in [0.2, 0.25) is 10.0 Å². The number of aromatic nitrogens is 1. The van der Waals surface area contributed by atoms with Gasteiger partial charge in [-0.2, -0.15) is 0 Å². The summed E-state index contributed by atoms with van der Waals surface area (Å²) in [4.78, 5) is 10.9. The first-order valence-corrected chi connectivity index (χ1v) is 13.1. The average molecular weight is 482 g/mol. The highest BCUT2D eigenvalue weighted by molar-refractivity contribution is 7.89. The van der Waals surface area contributed by atoms with Crippen LogP contribution >= 0.6 is 0 Å². The van der Waals surface area contributed by atoms with Crippen molar-refractivity contribution in [2.45, 2.75) is 39.0 Å². The highest BCUT2D eigenvalue weighted by Gasteiger charge is 2.19. The Morgan fingerprint density at radius 2 is 1.79 bits per heavy atom. The second-order valence-electron chi connectivity index (χ2n) is 8.04. The van der Waals surface area contributed by atoms with Crippen LogP contribution in [0, 0.1) is 0 Å². The Morgan fingerprint density at radius 1 is 1.09 bits per heavy atom. The molecule has 0 saturated heterocycles. The zero-order chi connectivity index (χ0) is 24.9. The lowest BCUT2D eigenvalue weighted by atomic mass is 10.0. The zero-order valence-electron chi connectivity index (χ0n) is 20.9. The molecule has 1 heterocycles. The molecule has 3 aromatic rings. The van der Waals surface area contributed by atoms with E-state index in [4.69, 9.17) is 4.99 Å². The van der Waals surface area contributed by atoms with Gasteiger partial charge in [-0.05, 0) is 64.6 Å². The molecule has 0 aliphatic carbocycles. The van der Waals surface area contributed by atoms with Gasteiger partial charge in [-0.3, -0.25) is 0 Å². The molecule has 0 fully saturated rings. The van der Waals surface area contributed by atoms with Crippen molar-refractivity contribution in [1.82, 2.24) is 9.71 Å². The quantitative estimate of drug-likeness (QED) is 0.336. The third-order valence-corrected chi connectivity index (χ3v) is 7.44. The van der Waals surface area contributed by atoms with Crippen LogP contribution in [0.5, 0.6) is 0 Å². The van der Waals surface area contributed by atoms with E-state index in [2.05, 4.69) is 59.8 Å². The van der Waals surface area contributed by atoms with Gasteiger partial charge in [0.1, 0.15) is 5.82 Å². The SMILES string of the molecule is CC/C(C)=C/C(=Nc1cc(S(=O)(=O)NC)ccc1N(CC)CC)c1c(NC)[nH]c2ccccc12. The number of H-pyrrole nitrogens is 1. The van der Waals surface area contributed by atoms with Crippen LogP contribution in [0.3, 0.4) is 0 Å². The lowest BCUT2D eigenvalue weighted by Crippen LogP contribution is -2.23. The van der Waals surface area contributed by atoms with Crippen molar-refractivity contribution in [1.29, 1.82) is 0 Å². The van der Waals surface area contributed by atoms with E-state index >= 15 is 0 Å². The van der Waals surface area contributed by atoms with E-state index in [0.29, 0.717) is 5.69 Å². The zero-order valence-corrected chi connectivity index (χ0v) is 21.7. The molecule has 3 rings (SSSR count). The first-order valence-electron chi connectivity index (χ1n) is 11.7. The average Bonchev–Trinajstić information content (AvgIpc) is 3.23. The van der Waals surface area contributed by atoms with Crippen molar-refractivity contribution in [2.24, 2.45) is 4.99 Å². The van der Waals surface area contributed by atoms with Crippen molar-refractivity contribution < 1.29 is 8.42 Å². The van der Waals surface area contributed by atoms with E-state index in [9.17, 15) is 8.42 Å². The molecule has 0 bridgehead atoms. The van der Waals surface area contributed by atoms with Gasteiger partial charge in [0.25, 0.3) is 0 Å². The topological polar surface area (TPSA) is 89.6 Å². The van der Waals surface area contributed by atoms with E-state index < -0.39 is 10.0 Å². The van der Waals surface area contributed by atoms with Gasteiger partial charge >= 0.3 is 0 Å². The molecule has 0 atom stereocenters. The number of aromatic amines is 1. The molecule has 34 heavy (non-hydrogen) atoms. The van der Waals surface area contributed by atoms with E-state index in [1.807, 2.05) is 31.3 Å². The van der Waals surface area contributed by atoms with E-state index in [1.165, 1.54) is 12.6 Å². The number of sulfonamides is 1. The minimum Gasteiger partial charge on any atom is -0.374 e. The summed E-state index contributed by atoms with van der Waals surface area (Å²) in [5.41, 5.74) is 5.42. The first kappa shape index (κ1) is 25.5. The van der Waals surface area contributed by atoms with Gasteiger partial charge in [-0.25, -0.2) is 18.1 Å². The van der Waals surface area contributed by atoms with Crippen molar-refractivity contribution in [3.8, 4) is 0 Å². The normalized spacial score (nSPS) is 12.9. The molecular weight excluding hydrogens is 446 g/mol. The van der Waals surface area contributed by atoms with Crippen molar-refractivity contribution in [3.05, 3.63) is 59.7 Å². The minimum absolute atomic E-state index is 0.188. The van der Waals surface area contributed by atoms with Crippen molar-refractivity contribution >= 4 is 43.8 Å². The number of hydrogen-bond acceptors (Lipinski definition) is 5. The number of allylic oxidation sites excluding steroid dienone is 2. The molecule has 0 saturated carbocycles. The highest BCUT2D eigenvalue weighted by Crippen LogP contribution is 2.34. The standard InChI is InChI=1S/C26H35N5O2S/c1-7-18(4)16-23(25-20-12-10-11-13-21(20)30-26(25)27-5)29-22-17-19(34(32,33)28-6)14-15-24(22)31(8-2)9-3/h10-17,27-28,30H,7-9H2,1-6H3/b18-16+,29-23?. The summed E-state index contributed by atoms with van der Waals surface area (Å²) < 4.78 is 27.6. The van der Waals surface area contributed by atoms with E-state index in [0.717, 1.165) is 53.2 Å². The van der Waals surface area contributed by atoms with Crippen LogP contribution in [0.25, 0.3) is 10.9 Å². The summed E-state index contributed by atoms with van der Waals surface area (Å²) in [5, 5.41) is 4.32. The first-order chi connectivity index (χ1) is 16.3. The lowest BCUT2D eigenvalue weighted by molar-refractivity contribution is 0.588. The smallest absolute Gasteiger partial charge is 0.240 e. The molecule has 2 aromatic carbocycles. The number of nitrogens with one attached hydrogen (secondary N) is 3. The lowest BCUT2D eigenvalue weighted by Gasteiger charge is -2.23. The van der Waals surface area contributed by atoms with Gasteiger partial charge < -0.3 is 15.2 Å². The van der Waals surface area contributed by atoms with Crippen LogP contribution < -0.4 is 14.9 Å². The molecule has 3 N–H and O–H groups in total. The van der Waals surface area contributed by atoms with E-state index in [1.54, 1.807) is 12.1 Å². The number of benzene rings is 2. The summed E-state index contributed by atoms with van der Waals surface area (Å²) in [5.74, 6) is 0.864. The number of anilines is 2. The van der Waals surface area contributed by atoms with Gasteiger partial charge in [0, 0.05) is 36.6 Å². The summed E-state index contributed by atoms with van der Waals surface area (Å²) in [6, 6.07) is 13.2. The predicted molar refractivity (Wildman–Crippen MR) is 144 cm³/mol. The van der Waals surface area contributed by atoms with Crippen LogP contribution in [0.15, 0.2) is 64.0 Å². The predicted octanol–water partition coefficient (Wildman–Crippen LogP) is 5.44. The molecular formula is C26H35N5O2S. The van der Waals surface area contributed by atoms with Crippen molar-refractivity contribution in [2.75, 3.05) is 37.4 Å². The monoisotopic (exact) mass is 481 g/mol. The Hall–Kier alpha value is -3.10. The molecule has 0 aliphatic rings. The van der Waals surface area contributed by atoms with Crippen LogP contribution in [-0.4, -0.2) is 46.3 Å². The molecule has 7 nitrogen and oxygen atoms in total. The molecule has 0 spiro atoms. The fraction of sp³-hybridized carbons (Fsp3) is 0.346. The van der Waals surface area contributed by atoms with Gasteiger partial charge in [-0.1, -0.05) is 30.7 Å². The number of aliphatic imine (C=N–C) groups is 1. The second-order valence-corrected chi connectivity index (χ2v) is 9.93. The second kappa shape index (κ2) is 10.9. The van der Waals surface area contributed by atoms with Gasteiger partial charge in [-0.15, -0.1) is 0 Å². The summed E-state index contributed by atoms with van der Waals surface area (Å²) in [6.45, 7) is 9.91. The van der Waals surface area contributed by atoms with Crippen LogP contribution in [0.2, 0.25) is 0 Å². The van der Waals surface area contributed by atoms with Crippen LogP contribution in [-0.2, 0) is 10.0 Å². The summed E-state index contributed by atoms with van der Waals surface area (Å²) >= 11 is 0. The number of para-hydroxylation sites is 1. The third-order valence-electron chi connectivity index (χ3n) is 6.02. The largest absolute Gasteiger partial charge is 0.374 e. The molecule has 8 heteroatoms. The van der Waals surface area contributed by atoms with Crippen LogP contribution in [0.1, 0.15) is 39.7 Å². The molecule has 0 aliphatic heterocycles. The number of fused-ring (bicyclic) bond motifs is 1. The molecule has 0 radical (unpaired) electrons. The highest BCUT2D eigenvalue weighted by atomic mass is 32.2. The fourth-order valence-corrected chi connectivity index (χ4v) is 4.68. The Morgan fingerprint density at radius 3 is 2.41 bits per heavy atom. The maximum Gasteiger partial charge on any atom is 0.240 e. The fourth-order valence-electron chi connectivity index (χ4n) is 3.93. The number of nitrogens with zero attached hydrogens (tertiary/aromatic N) is 2. The maximum atomic E-state index is 12.6. The summed E-state index contributed by atoms with van der Waals surface area (Å²) in [6.07, 6.45) is 2.97. The molecule has 1 aromatic heterocycles.